The van der Waals surface area contributed by atoms with E-state index in [0.717, 1.165) is 31.7 Å². The first-order valence-corrected chi connectivity index (χ1v) is 6.48. The predicted octanol–water partition coefficient (Wildman–Crippen LogP) is 1.97. The third-order valence-electron chi connectivity index (χ3n) is 3.01. The van der Waals surface area contributed by atoms with Crippen LogP contribution in [0.15, 0.2) is 10.9 Å². The molecule has 0 amide bonds. The Morgan fingerprint density at radius 1 is 1.59 bits per heavy atom. The van der Waals surface area contributed by atoms with E-state index in [0.29, 0.717) is 12.3 Å². The fourth-order valence-corrected chi connectivity index (χ4v) is 1.98. The molecular weight excluding hydrogens is 240 g/mol. The molecule has 1 heterocycles. The Morgan fingerprint density at radius 3 is 2.94 bits per heavy atom. The van der Waals surface area contributed by atoms with Crippen molar-refractivity contribution in [1.29, 1.82) is 0 Å². The summed E-state index contributed by atoms with van der Waals surface area (Å²) in [6.45, 7) is 3.46. The van der Waals surface area contributed by atoms with Crippen LogP contribution >= 0.6 is 11.6 Å². The molecular formula is C12H17ClN2O2. The fraction of sp³-hybridized carbons (Fsp3) is 0.667. The van der Waals surface area contributed by atoms with E-state index in [1.807, 2.05) is 0 Å². The predicted molar refractivity (Wildman–Crippen MR) is 66.4 cm³/mol. The summed E-state index contributed by atoms with van der Waals surface area (Å²) < 4.78 is 5.58. The van der Waals surface area contributed by atoms with Gasteiger partial charge in [0.15, 0.2) is 0 Å². The molecule has 1 aliphatic rings. The maximum absolute atomic E-state index is 11.5. The Morgan fingerprint density at radius 2 is 2.35 bits per heavy atom. The van der Waals surface area contributed by atoms with Gasteiger partial charge in [0, 0.05) is 12.7 Å². The van der Waals surface area contributed by atoms with E-state index < -0.39 is 0 Å². The van der Waals surface area contributed by atoms with Crippen LogP contribution in [0.1, 0.15) is 37.7 Å². The molecule has 0 atom stereocenters. The molecule has 0 radical (unpaired) electrons. The van der Waals surface area contributed by atoms with Gasteiger partial charge in [-0.15, -0.1) is 11.6 Å². The van der Waals surface area contributed by atoms with Gasteiger partial charge in [-0.3, -0.25) is 4.79 Å². The zero-order valence-corrected chi connectivity index (χ0v) is 10.7. The molecule has 1 aromatic heterocycles. The molecule has 0 aliphatic heterocycles. The number of alkyl halides is 1. The van der Waals surface area contributed by atoms with Gasteiger partial charge >= 0.3 is 0 Å². The van der Waals surface area contributed by atoms with Gasteiger partial charge in [0.1, 0.15) is 5.82 Å². The van der Waals surface area contributed by atoms with Crippen LogP contribution in [0.5, 0.6) is 0 Å². The van der Waals surface area contributed by atoms with Gasteiger partial charge in [0.2, 0.25) is 0 Å². The molecule has 1 aromatic rings. The molecule has 1 saturated carbocycles. The maximum Gasteiger partial charge on any atom is 0.251 e. The van der Waals surface area contributed by atoms with E-state index in [1.54, 1.807) is 0 Å². The molecule has 0 bridgehead atoms. The lowest BCUT2D eigenvalue weighted by Gasteiger charge is -2.14. The SMILES string of the molecule is CCCOCC1(c2nc(CCl)cc(=O)[nH]2)CC1. The van der Waals surface area contributed by atoms with Crippen LogP contribution in [0.25, 0.3) is 0 Å². The average molecular weight is 257 g/mol. The summed E-state index contributed by atoms with van der Waals surface area (Å²) in [4.78, 5) is 18.7. The first kappa shape index (κ1) is 12.6. The normalized spacial score (nSPS) is 17.1. The van der Waals surface area contributed by atoms with E-state index in [1.165, 1.54) is 6.07 Å². The van der Waals surface area contributed by atoms with Crippen molar-refractivity contribution in [3.05, 3.63) is 27.9 Å². The molecule has 5 heteroatoms. The highest BCUT2D eigenvalue weighted by Crippen LogP contribution is 2.46. The highest BCUT2D eigenvalue weighted by Gasteiger charge is 2.47. The number of aromatic nitrogens is 2. The van der Waals surface area contributed by atoms with Crippen LogP contribution in [0.2, 0.25) is 0 Å². The van der Waals surface area contributed by atoms with Crippen LogP contribution in [-0.2, 0) is 16.0 Å². The van der Waals surface area contributed by atoms with Crippen molar-refractivity contribution in [2.45, 2.75) is 37.5 Å². The van der Waals surface area contributed by atoms with Crippen molar-refractivity contribution in [2.24, 2.45) is 0 Å². The summed E-state index contributed by atoms with van der Waals surface area (Å²) in [7, 11) is 0. The first-order valence-electron chi connectivity index (χ1n) is 5.94. The first-order chi connectivity index (χ1) is 8.20. The third-order valence-corrected chi connectivity index (χ3v) is 3.29. The Labute approximate surface area is 105 Å². The number of ether oxygens (including phenoxy) is 1. The second-order valence-corrected chi connectivity index (χ2v) is 4.82. The van der Waals surface area contributed by atoms with Gasteiger partial charge in [-0.25, -0.2) is 4.98 Å². The topological polar surface area (TPSA) is 55.0 Å². The van der Waals surface area contributed by atoms with E-state index in [2.05, 4.69) is 16.9 Å². The van der Waals surface area contributed by atoms with Gasteiger partial charge < -0.3 is 9.72 Å². The van der Waals surface area contributed by atoms with Crippen molar-refractivity contribution >= 4 is 11.6 Å². The highest BCUT2D eigenvalue weighted by molar-refractivity contribution is 6.16. The van der Waals surface area contributed by atoms with Gasteiger partial charge in [-0.1, -0.05) is 6.92 Å². The number of aromatic amines is 1. The maximum atomic E-state index is 11.5. The summed E-state index contributed by atoms with van der Waals surface area (Å²) in [6, 6.07) is 1.44. The molecule has 0 aromatic carbocycles. The zero-order valence-electron chi connectivity index (χ0n) is 9.96. The largest absolute Gasteiger partial charge is 0.380 e. The number of nitrogens with zero attached hydrogens (tertiary/aromatic N) is 1. The van der Waals surface area contributed by atoms with E-state index >= 15 is 0 Å². The van der Waals surface area contributed by atoms with Crippen LogP contribution in [-0.4, -0.2) is 23.2 Å². The number of hydrogen-bond acceptors (Lipinski definition) is 3. The minimum atomic E-state index is -0.132. The van der Waals surface area contributed by atoms with Crippen molar-refractivity contribution in [1.82, 2.24) is 9.97 Å². The van der Waals surface area contributed by atoms with Gasteiger partial charge in [0.05, 0.1) is 23.6 Å². The second kappa shape index (κ2) is 5.19. The molecule has 94 valence electrons. The van der Waals surface area contributed by atoms with Crippen LogP contribution in [0, 0.1) is 0 Å². The lowest BCUT2D eigenvalue weighted by atomic mass is 10.1. The van der Waals surface area contributed by atoms with Crippen LogP contribution in [0.4, 0.5) is 0 Å². The van der Waals surface area contributed by atoms with Crippen molar-refractivity contribution in [3.8, 4) is 0 Å². The number of halogens is 1. The zero-order chi connectivity index (χ0) is 12.3. The van der Waals surface area contributed by atoms with Gasteiger partial charge in [-0.2, -0.15) is 0 Å². The van der Waals surface area contributed by atoms with E-state index in [-0.39, 0.29) is 16.9 Å². The minimum Gasteiger partial charge on any atom is -0.380 e. The number of nitrogens with one attached hydrogen (secondary N) is 1. The van der Waals surface area contributed by atoms with Crippen LogP contribution < -0.4 is 5.56 Å². The third kappa shape index (κ3) is 2.87. The minimum absolute atomic E-state index is 0.0730. The summed E-state index contributed by atoms with van der Waals surface area (Å²) in [5.74, 6) is 1.000. The fourth-order valence-electron chi connectivity index (χ4n) is 1.84. The Hall–Kier alpha value is -0.870. The molecule has 0 saturated heterocycles. The standard InChI is InChI=1S/C12H17ClN2O2/c1-2-5-17-8-12(3-4-12)11-14-9(7-13)6-10(16)15-11/h6H,2-5,7-8H2,1H3,(H,14,15,16). The van der Waals surface area contributed by atoms with E-state index in [9.17, 15) is 4.79 Å². The summed E-state index contributed by atoms with van der Waals surface area (Å²) in [5.41, 5.74) is 0.427. The van der Waals surface area contributed by atoms with Crippen molar-refractivity contribution in [3.63, 3.8) is 0 Å². The van der Waals surface area contributed by atoms with E-state index in [4.69, 9.17) is 16.3 Å². The number of rotatable bonds is 6. The second-order valence-electron chi connectivity index (χ2n) is 4.55. The molecule has 1 aliphatic carbocycles. The molecule has 1 fully saturated rings. The lowest BCUT2D eigenvalue weighted by molar-refractivity contribution is 0.111. The number of H-pyrrole nitrogens is 1. The quantitative estimate of drug-likeness (QED) is 0.625. The van der Waals surface area contributed by atoms with Crippen molar-refractivity contribution < 1.29 is 4.74 Å². The molecule has 0 spiro atoms. The van der Waals surface area contributed by atoms with Gasteiger partial charge in [0.25, 0.3) is 5.56 Å². The Balaban J connectivity index is 2.15. The summed E-state index contributed by atoms with van der Waals surface area (Å²) >= 11 is 5.72. The molecule has 4 nitrogen and oxygen atoms in total. The molecule has 2 rings (SSSR count). The number of hydrogen-bond donors (Lipinski definition) is 1. The monoisotopic (exact) mass is 256 g/mol. The molecule has 0 unspecified atom stereocenters. The summed E-state index contributed by atoms with van der Waals surface area (Å²) in [6.07, 6.45) is 3.04. The van der Waals surface area contributed by atoms with Crippen molar-refractivity contribution in [2.75, 3.05) is 13.2 Å². The molecule has 17 heavy (non-hydrogen) atoms. The smallest absolute Gasteiger partial charge is 0.251 e. The summed E-state index contributed by atoms with van der Waals surface area (Å²) in [5, 5.41) is 0. The average Bonchev–Trinajstić information content (AvgIpc) is 3.10. The molecule has 1 N–H and O–H groups in total. The lowest BCUT2D eigenvalue weighted by Crippen LogP contribution is -2.24. The highest BCUT2D eigenvalue weighted by atomic mass is 35.5. The van der Waals surface area contributed by atoms with Crippen LogP contribution in [0.3, 0.4) is 0 Å². The Bertz CT molecular complexity index is 440. The van der Waals surface area contributed by atoms with Gasteiger partial charge in [-0.05, 0) is 19.3 Å². The Kier molecular flexibility index (Phi) is 3.84.